The van der Waals surface area contributed by atoms with Crippen LogP contribution in [0.5, 0.6) is 0 Å². The van der Waals surface area contributed by atoms with E-state index in [0.717, 1.165) is 35.0 Å². The quantitative estimate of drug-likeness (QED) is 0.778. The van der Waals surface area contributed by atoms with Crippen LogP contribution in [0.15, 0.2) is 30.0 Å². The highest BCUT2D eigenvalue weighted by atomic mass is 32.1. The molecule has 1 saturated heterocycles. The zero-order chi connectivity index (χ0) is 17.4. The average Bonchev–Trinajstić information content (AvgIpc) is 3.34. The van der Waals surface area contributed by atoms with E-state index in [1.54, 1.807) is 16.2 Å². The van der Waals surface area contributed by atoms with Gasteiger partial charge in [-0.05, 0) is 24.5 Å². The monoisotopic (exact) mass is 356 g/mol. The molecule has 4 rings (SSSR count). The third-order valence-corrected chi connectivity index (χ3v) is 5.25. The van der Waals surface area contributed by atoms with Crippen molar-refractivity contribution in [2.75, 3.05) is 18.4 Å². The largest absolute Gasteiger partial charge is 0.364 e. The summed E-state index contributed by atoms with van der Waals surface area (Å²) in [6.45, 7) is 5.56. The standard InChI is InChI=1S/C17H20N6OS/c1-11(2)15-16(25-10-19-15)17(24)22-7-5-12(9-22)20-13-3-4-14-18-6-8-23(14)21-13/h3-4,6,8,10-12H,5,7,9H2,1-2H3,(H,20,21). The van der Waals surface area contributed by atoms with Crippen molar-refractivity contribution in [1.29, 1.82) is 0 Å². The molecule has 0 radical (unpaired) electrons. The molecule has 25 heavy (non-hydrogen) atoms. The zero-order valence-electron chi connectivity index (χ0n) is 14.2. The van der Waals surface area contributed by atoms with Crippen molar-refractivity contribution < 1.29 is 4.79 Å². The van der Waals surface area contributed by atoms with Crippen molar-refractivity contribution in [3.05, 3.63) is 40.6 Å². The highest BCUT2D eigenvalue weighted by Crippen LogP contribution is 2.25. The van der Waals surface area contributed by atoms with Gasteiger partial charge in [-0.1, -0.05) is 13.8 Å². The maximum absolute atomic E-state index is 12.8. The summed E-state index contributed by atoms with van der Waals surface area (Å²) < 4.78 is 1.74. The van der Waals surface area contributed by atoms with Crippen molar-refractivity contribution >= 4 is 28.7 Å². The molecular weight excluding hydrogens is 336 g/mol. The molecule has 1 fully saturated rings. The van der Waals surface area contributed by atoms with Gasteiger partial charge in [-0.2, -0.15) is 0 Å². The van der Waals surface area contributed by atoms with E-state index < -0.39 is 0 Å². The molecule has 1 amide bonds. The third-order valence-electron chi connectivity index (χ3n) is 4.42. The topological polar surface area (TPSA) is 75.4 Å². The number of hydrogen-bond acceptors (Lipinski definition) is 6. The second-order valence-electron chi connectivity index (χ2n) is 6.55. The van der Waals surface area contributed by atoms with E-state index in [4.69, 9.17) is 0 Å². The van der Waals surface area contributed by atoms with Crippen LogP contribution in [0.25, 0.3) is 5.65 Å². The predicted molar refractivity (Wildman–Crippen MR) is 97.1 cm³/mol. The van der Waals surface area contributed by atoms with E-state index in [1.165, 1.54) is 11.3 Å². The number of carbonyl (C=O) groups is 1. The average molecular weight is 356 g/mol. The molecule has 1 aliphatic rings. The molecule has 1 atom stereocenters. The first-order valence-corrected chi connectivity index (χ1v) is 9.29. The van der Waals surface area contributed by atoms with Gasteiger partial charge in [0.1, 0.15) is 10.7 Å². The van der Waals surface area contributed by atoms with Gasteiger partial charge < -0.3 is 10.2 Å². The summed E-state index contributed by atoms with van der Waals surface area (Å²) in [7, 11) is 0. The minimum Gasteiger partial charge on any atom is -0.364 e. The first kappa shape index (κ1) is 16.0. The molecule has 0 spiro atoms. The third kappa shape index (κ3) is 3.09. The second-order valence-corrected chi connectivity index (χ2v) is 7.41. The van der Waals surface area contributed by atoms with Crippen LogP contribution in [0, 0.1) is 0 Å². The fraction of sp³-hybridized carbons (Fsp3) is 0.412. The minimum absolute atomic E-state index is 0.0912. The number of amides is 1. The normalized spacial score (nSPS) is 17.6. The molecule has 0 saturated carbocycles. The van der Waals surface area contributed by atoms with Gasteiger partial charge in [-0.25, -0.2) is 14.5 Å². The van der Waals surface area contributed by atoms with Crippen molar-refractivity contribution in [1.82, 2.24) is 24.5 Å². The second kappa shape index (κ2) is 6.44. The molecule has 3 aromatic rings. The van der Waals surface area contributed by atoms with Crippen molar-refractivity contribution in [3.63, 3.8) is 0 Å². The number of fused-ring (bicyclic) bond motifs is 1. The number of rotatable bonds is 4. The lowest BCUT2D eigenvalue weighted by Gasteiger charge is -2.17. The minimum atomic E-state index is 0.0912. The number of anilines is 1. The lowest BCUT2D eigenvalue weighted by Crippen LogP contribution is -2.32. The van der Waals surface area contributed by atoms with Crippen LogP contribution in [-0.2, 0) is 0 Å². The molecule has 8 heteroatoms. The fourth-order valence-electron chi connectivity index (χ4n) is 3.13. The zero-order valence-corrected chi connectivity index (χ0v) is 15.0. The molecule has 3 aromatic heterocycles. The Morgan fingerprint density at radius 2 is 2.24 bits per heavy atom. The van der Waals surface area contributed by atoms with Gasteiger partial charge in [0.15, 0.2) is 5.65 Å². The summed E-state index contributed by atoms with van der Waals surface area (Å²) in [4.78, 5) is 24.0. The smallest absolute Gasteiger partial charge is 0.265 e. The molecule has 7 nitrogen and oxygen atoms in total. The maximum Gasteiger partial charge on any atom is 0.265 e. The summed E-state index contributed by atoms with van der Waals surface area (Å²) in [5.74, 6) is 1.15. The molecule has 1 unspecified atom stereocenters. The van der Waals surface area contributed by atoms with E-state index in [0.29, 0.717) is 6.54 Å². The van der Waals surface area contributed by atoms with E-state index in [-0.39, 0.29) is 17.9 Å². The highest BCUT2D eigenvalue weighted by molar-refractivity contribution is 7.11. The molecule has 130 valence electrons. The number of likely N-dealkylation sites (tertiary alicyclic amines) is 1. The number of carbonyl (C=O) groups excluding carboxylic acids is 1. The SMILES string of the molecule is CC(C)c1ncsc1C(=O)N1CCC(Nc2ccc3nccn3n2)C1. The number of thiazole rings is 1. The van der Waals surface area contributed by atoms with Crippen LogP contribution >= 0.6 is 11.3 Å². The van der Waals surface area contributed by atoms with Crippen LogP contribution in [0.1, 0.15) is 41.6 Å². The van der Waals surface area contributed by atoms with Crippen LogP contribution in [0.3, 0.4) is 0 Å². The van der Waals surface area contributed by atoms with Crippen LogP contribution in [-0.4, -0.2) is 49.5 Å². The maximum atomic E-state index is 12.8. The number of nitrogens with zero attached hydrogens (tertiary/aromatic N) is 5. The van der Waals surface area contributed by atoms with Crippen molar-refractivity contribution in [2.45, 2.75) is 32.2 Å². The van der Waals surface area contributed by atoms with Crippen LogP contribution in [0.4, 0.5) is 5.82 Å². The Labute approximate surface area is 149 Å². The van der Waals surface area contributed by atoms with E-state index in [9.17, 15) is 4.79 Å². The molecule has 4 heterocycles. The molecule has 1 N–H and O–H groups in total. The molecule has 1 aliphatic heterocycles. The Hall–Kier alpha value is -2.48. The lowest BCUT2D eigenvalue weighted by molar-refractivity contribution is 0.0794. The Balaban J connectivity index is 1.44. The Bertz CT molecular complexity index is 901. The fourth-order valence-corrected chi connectivity index (χ4v) is 4.04. The highest BCUT2D eigenvalue weighted by Gasteiger charge is 2.29. The summed E-state index contributed by atoms with van der Waals surface area (Å²) in [5, 5.41) is 7.91. The summed E-state index contributed by atoms with van der Waals surface area (Å²) >= 11 is 1.44. The molecule has 0 aliphatic carbocycles. The van der Waals surface area contributed by atoms with Crippen molar-refractivity contribution in [2.24, 2.45) is 0 Å². The molecular formula is C17H20N6OS. The van der Waals surface area contributed by atoms with Crippen LogP contribution in [0.2, 0.25) is 0 Å². The molecule has 0 bridgehead atoms. The van der Waals surface area contributed by atoms with E-state index >= 15 is 0 Å². The number of hydrogen-bond donors (Lipinski definition) is 1. The number of nitrogens with one attached hydrogen (secondary N) is 1. The van der Waals surface area contributed by atoms with Crippen LogP contribution < -0.4 is 5.32 Å². The summed E-state index contributed by atoms with van der Waals surface area (Å²) in [6, 6.07) is 4.06. The van der Waals surface area contributed by atoms with Gasteiger partial charge in [0.2, 0.25) is 0 Å². The Morgan fingerprint density at radius 3 is 3.08 bits per heavy atom. The van der Waals surface area contributed by atoms with Gasteiger partial charge in [-0.15, -0.1) is 16.4 Å². The summed E-state index contributed by atoms with van der Waals surface area (Å²) in [5.41, 5.74) is 3.48. The first-order chi connectivity index (χ1) is 12.1. The summed E-state index contributed by atoms with van der Waals surface area (Å²) in [6.07, 6.45) is 4.46. The first-order valence-electron chi connectivity index (χ1n) is 8.41. The number of aromatic nitrogens is 4. The van der Waals surface area contributed by atoms with E-state index in [2.05, 4.69) is 34.2 Å². The van der Waals surface area contributed by atoms with Gasteiger partial charge >= 0.3 is 0 Å². The van der Waals surface area contributed by atoms with E-state index in [1.807, 2.05) is 23.2 Å². The van der Waals surface area contributed by atoms with Crippen molar-refractivity contribution in [3.8, 4) is 0 Å². The van der Waals surface area contributed by atoms with Gasteiger partial charge in [0.25, 0.3) is 5.91 Å². The van der Waals surface area contributed by atoms with Gasteiger partial charge in [0.05, 0.1) is 11.2 Å². The predicted octanol–water partition coefficient (Wildman–Crippen LogP) is 2.64. The number of imidazole rings is 1. The Morgan fingerprint density at radius 1 is 1.36 bits per heavy atom. The van der Waals surface area contributed by atoms with Gasteiger partial charge in [-0.3, -0.25) is 4.79 Å². The lowest BCUT2D eigenvalue weighted by atomic mass is 10.1. The molecule has 0 aromatic carbocycles. The van der Waals surface area contributed by atoms with Gasteiger partial charge in [0, 0.05) is 31.5 Å². The Kier molecular flexibility index (Phi) is 4.12.